The van der Waals surface area contributed by atoms with Crippen LogP contribution < -0.4 is 10.5 Å². The van der Waals surface area contributed by atoms with Gasteiger partial charge < -0.3 is 9.47 Å². The molecule has 4 nitrogen and oxygen atoms in total. The summed E-state index contributed by atoms with van der Waals surface area (Å²) in [7, 11) is 0. The standard InChI is InChI=1S/C14H22BrN3O/c1-2-17-11-9-16-13(14(17)19)18(10-8-15)12-6-4-3-5-7-12/h9,11-12H,2-8,10H2,1H3. The fourth-order valence-corrected chi connectivity index (χ4v) is 3.21. The predicted molar refractivity (Wildman–Crippen MR) is 82.2 cm³/mol. The molecule has 0 atom stereocenters. The molecule has 1 heterocycles. The van der Waals surface area contributed by atoms with Gasteiger partial charge in [0, 0.05) is 36.9 Å². The lowest BCUT2D eigenvalue weighted by Crippen LogP contribution is -2.42. The van der Waals surface area contributed by atoms with Crippen molar-refractivity contribution >= 4 is 21.7 Å². The molecule has 0 spiro atoms. The summed E-state index contributed by atoms with van der Waals surface area (Å²) in [5.74, 6) is 0.621. The summed E-state index contributed by atoms with van der Waals surface area (Å²) in [6, 6.07) is 0.471. The van der Waals surface area contributed by atoms with Gasteiger partial charge in [-0.3, -0.25) is 4.79 Å². The van der Waals surface area contributed by atoms with Gasteiger partial charge in [0.15, 0.2) is 5.82 Å². The summed E-state index contributed by atoms with van der Waals surface area (Å²) in [6.07, 6.45) is 9.70. The van der Waals surface area contributed by atoms with Crippen LogP contribution in [0, 0.1) is 0 Å². The summed E-state index contributed by atoms with van der Waals surface area (Å²) in [6.45, 7) is 3.53. The Kier molecular flexibility index (Phi) is 5.43. The van der Waals surface area contributed by atoms with Crippen molar-refractivity contribution in [3.8, 4) is 0 Å². The Bertz CT molecular complexity index is 454. The first-order chi connectivity index (χ1) is 9.27. The molecule has 1 fully saturated rings. The van der Waals surface area contributed by atoms with Crippen molar-refractivity contribution in [1.29, 1.82) is 0 Å². The van der Waals surface area contributed by atoms with E-state index < -0.39 is 0 Å². The highest BCUT2D eigenvalue weighted by molar-refractivity contribution is 9.09. The summed E-state index contributed by atoms with van der Waals surface area (Å²) >= 11 is 3.50. The van der Waals surface area contributed by atoms with Crippen molar-refractivity contribution in [2.24, 2.45) is 0 Å². The molecule has 1 aliphatic rings. The molecule has 1 aromatic rings. The lowest BCUT2D eigenvalue weighted by atomic mass is 9.94. The van der Waals surface area contributed by atoms with Gasteiger partial charge in [0.25, 0.3) is 5.56 Å². The van der Waals surface area contributed by atoms with Crippen LogP contribution in [0.2, 0.25) is 0 Å². The maximum absolute atomic E-state index is 12.4. The molecule has 1 aliphatic carbocycles. The van der Waals surface area contributed by atoms with Crippen LogP contribution in [0.25, 0.3) is 0 Å². The topological polar surface area (TPSA) is 38.1 Å². The summed E-state index contributed by atoms with van der Waals surface area (Å²) in [5.41, 5.74) is 0.0384. The van der Waals surface area contributed by atoms with Crippen LogP contribution in [0.1, 0.15) is 39.0 Å². The number of aromatic nitrogens is 2. The monoisotopic (exact) mass is 327 g/mol. The fraction of sp³-hybridized carbons (Fsp3) is 0.714. The number of halogens is 1. The molecule has 0 unspecified atom stereocenters. The van der Waals surface area contributed by atoms with Gasteiger partial charge in [0.1, 0.15) is 0 Å². The molecule has 0 amide bonds. The molecule has 0 aromatic carbocycles. The highest BCUT2D eigenvalue weighted by atomic mass is 79.9. The minimum atomic E-state index is 0.0384. The normalized spacial score (nSPS) is 16.5. The molecular weight excluding hydrogens is 306 g/mol. The third kappa shape index (κ3) is 3.38. The van der Waals surface area contributed by atoms with E-state index in [2.05, 4.69) is 25.8 Å². The predicted octanol–water partition coefficient (Wildman–Crippen LogP) is 2.80. The second-order valence-corrected chi connectivity index (χ2v) is 5.81. The van der Waals surface area contributed by atoms with Gasteiger partial charge in [-0.25, -0.2) is 4.98 Å². The van der Waals surface area contributed by atoms with Crippen molar-refractivity contribution in [2.75, 3.05) is 16.8 Å². The summed E-state index contributed by atoms with van der Waals surface area (Å²) in [5, 5.41) is 0.867. The average Bonchev–Trinajstić information content (AvgIpc) is 2.46. The van der Waals surface area contributed by atoms with Crippen molar-refractivity contribution in [3.05, 3.63) is 22.7 Å². The minimum Gasteiger partial charge on any atom is -0.348 e. The third-order valence-corrected chi connectivity index (χ3v) is 4.20. The lowest BCUT2D eigenvalue weighted by Gasteiger charge is -2.34. The van der Waals surface area contributed by atoms with E-state index in [0.29, 0.717) is 18.4 Å². The van der Waals surface area contributed by atoms with E-state index in [9.17, 15) is 4.79 Å². The first-order valence-corrected chi connectivity index (χ1v) is 8.28. The molecule has 1 saturated carbocycles. The van der Waals surface area contributed by atoms with Gasteiger partial charge in [-0.2, -0.15) is 0 Å². The maximum atomic E-state index is 12.4. The number of aryl methyl sites for hydroxylation is 1. The lowest BCUT2D eigenvalue weighted by molar-refractivity contribution is 0.415. The van der Waals surface area contributed by atoms with Crippen LogP contribution in [-0.4, -0.2) is 27.5 Å². The Morgan fingerprint density at radius 3 is 2.79 bits per heavy atom. The molecule has 106 valence electrons. The molecule has 0 aliphatic heterocycles. The Morgan fingerprint density at radius 1 is 1.42 bits per heavy atom. The van der Waals surface area contributed by atoms with Gasteiger partial charge >= 0.3 is 0 Å². The van der Waals surface area contributed by atoms with Crippen LogP contribution in [0.4, 0.5) is 5.82 Å². The van der Waals surface area contributed by atoms with Crippen molar-refractivity contribution < 1.29 is 0 Å². The van der Waals surface area contributed by atoms with Crippen LogP contribution in [-0.2, 0) is 6.54 Å². The number of hydrogen-bond acceptors (Lipinski definition) is 3. The Morgan fingerprint density at radius 2 is 2.16 bits per heavy atom. The molecular formula is C14H22BrN3O. The van der Waals surface area contributed by atoms with Crippen LogP contribution in [0.5, 0.6) is 0 Å². The molecule has 0 bridgehead atoms. The van der Waals surface area contributed by atoms with E-state index in [4.69, 9.17) is 0 Å². The SMILES string of the molecule is CCn1ccnc(N(CCBr)C2CCCCC2)c1=O. The van der Waals surface area contributed by atoms with E-state index >= 15 is 0 Å². The number of hydrogen-bond donors (Lipinski definition) is 0. The van der Waals surface area contributed by atoms with Crippen LogP contribution in [0.3, 0.4) is 0 Å². The van der Waals surface area contributed by atoms with Crippen molar-refractivity contribution in [2.45, 2.75) is 51.6 Å². The number of nitrogens with zero attached hydrogens (tertiary/aromatic N) is 3. The Hall–Kier alpha value is -0.840. The van der Waals surface area contributed by atoms with Crippen molar-refractivity contribution in [1.82, 2.24) is 9.55 Å². The summed E-state index contributed by atoms with van der Waals surface area (Å²) < 4.78 is 1.73. The molecule has 0 radical (unpaired) electrons. The van der Waals surface area contributed by atoms with Gasteiger partial charge in [-0.1, -0.05) is 35.2 Å². The first kappa shape index (κ1) is 14.6. The summed E-state index contributed by atoms with van der Waals surface area (Å²) in [4.78, 5) is 19.0. The number of anilines is 1. The largest absolute Gasteiger partial charge is 0.348 e. The molecule has 2 rings (SSSR count). The van der Waals surface area contributed by atoms with Gasteiger partial charge in [-0.05, 0) is 19.8 Å². The van der Waals surface area contributed by atoms with Crippen LogP contribution in [0.15, 0.2) is 17.2 Å². The maximum Gasteiger partial charge on any atom is 0.293 e. The van der Waals surface area contributed by atoms with Gasteiger partial charge in [-0.15, -0.1) is 0 Å². The highest BCUT2D eigenvalue weighted by Crippen LogP contribution is 2.24. The van der Waals surface area contributed by atoms with E-state index in [0.717, 1.165) is 11.9 Å². The minimum absolute atomic E-state index is 0.0384. The number of rotatable bonds is 5. The van der Waals surface area contributed by atoms with Gasteiger partial charge in [0.2, 0.25) is 0 Å². The first-order valence-electron chi connectivity index (χ1n) is 7.16. The third-order valence-electron chi connectivity index (χ3n) is 3.85. The quantitative estimate of drug-likeness (QED) is 0.780. The second kappa shape index (κ2) is 7.08. The fourth-order valence-electron chi connectivity index (χ4n) is 2.83. The smallest absolute Gasteiger partial charge is 0.293 e. The zero-order chi connectivity index (χ0) is 13.7. The highest BCUT2D eigenvalue weighted by Gasteiger charge is 2.24. The Balaban J connectivity index is 2.30. The zero-order valence-electron chi connectivity index (χ0n) is 11.5. The van der Waals surface area contributed by atoms with Crippen LogP contribution >= 0.6 is 15.9 Å². The van der Waals surface area contributed by atoms with E-state index in [1.54, 1.807) is 17.0 Å². The van der Waals surface area contributed by atoms with E-state index in [-0.39, 0.29) is 5.56 Å². The number of alkyl halides is 1. The van der Waals surface area contributed by atoms with E-state index in [1.165, 1.54) is 32.1 Å². The van der Waals surface area contributed by atoms with Gasteiger partial charge in [0.05, 0.1) is 0 Å². The molecule has 0 saturated heterocycles. The zero-order valence-corrected chi connectivity index (χ0v) is 13.1. The molecule has 0 N–H and O–H groups in total. The Labute approximate surface area is 123 Å². The molecule has 1 aromatic heterocycles. The average molecular weight is 328 g/mol. The second-order valence-electron chi connectivity index (χ2n) is 5.02. The van der Waals surface area contributed by atoms with Crippen molar-refractivity contribution in [3.63, 3.8) is 0 Å². The molecule has 5 heteroatoms. The van der Waals surface area contributed by atoms with E-state index in [1.807, 2.05) is 6.92 Å². The molecule has 19 heavy (non-hydrogen) atoms.